The standard InChI is InChI=1S/C28H29N5O4S/c29-20-23(28(34)31-14-16-37-17-15-31)18-24-21-33(25-9-3-1-4-10-25)30-27(24)22-8-7-11-26(19-22)38(35,36)32-12-5-2-6-13-32/h1,3-4,7-11,18-19,21H,2,5-6,12-17H2/b23-18+. The van der Waals surface area contributed by atoms with Gasteiger partial charge in [0.2, 0.25) is 10.0 Å². The van der Waals surface area contributed by atoms with E-state index in [0.717, 1.165) is 24.9 Å². The van der Waals surface area contributed by atoms with Crippen molar-refractivity contribution in [2.75, 3.05) is 39.4 Å². The summed E-state index contributed by atoms with van der Waals surface area (Å²) in [6.45, 7) is 2.73. The number of sulfonamides is 1. The molecule has 0 bridgehead atoms. The molecule has 0 N–H and O–H groups in total. The molecule has 0 radical (unpaired) electrons. The summed E-state index contributed by atoms with van der Waals surface area (Å²) in [6.07, 6.45) is 6.02. The first kappa shape index (κ1) is 25.9. The highest BCUT2D eigenvalue weighted by molar-refractivity contribution is 7.89. The van der Waals surface area contributed by atoms with Crippen LogP contribution in [0.1, 0.15) is 24.8 Å². The number of amides is 1. The second-order valence-corrected chi connectivity index (χ2v) is 11.2. The number of hydrogen-bond donors (Lipinski definition) is 0. The predicted octanol–water partition coefficient (Wildman–Crippen LogP) is 3.48. The van der Waals surface area contributed by atoms with Crippen LogP contribution in [0.15, 0.2) is 71.3 Å². The molecule has 2 aliphatic rings. The molecule has 9 nitrogen and oxygen atoms in total. The maximum atomic E-state index is 13.4. The Balaban J connectivity index is 1.57. The van der Waals surface area contributed by atoms with Crippen LogP contribution in [0.4, 0.5) is 0 Å². The fraction of sp³-hybridized carbons (Fsp3) is 0.321. The molecule has 10 heteroatoms. The molecule has 2 fully saturated rings. The molecule has 2 saturated heterocycles. The van der Waals surface area contributed by atoms with Crippen LogP contribution in [0.2, 0.25) is 0 Å². The van der Waals surface area contributed by atoms with Gasteiger partial charge in [0.1, 0.15) is 17.3 Å². The van der Waals surface area contributed by atoms with Gasteiger partial charge >= 0.3 is 0 Å². The van der Waals surface area contributed by atoms with E-state index >= 15 is 0 Å². The fourth-order valence-corrected chi connectivity index (χ4v) is 6.29. The van der Waals surface area contributed by atoms with E-state index in [0.29, 0.717) is 56.2 Å². The van der Waals surface area contributed by atoms with Crippen LogP contribution in [-0.4, -0.2) is 72.7 Å². The van der Waals surface area contributed by atoms with E-state index in [9.17, 15) is 18.5 Å². The lowest BCUT2D eigenvalue weighted by Crippen LogP contribution is -2.41. The summed E-state index contributed by atoms with van der Waals surface area (Å²) in [4.78, 5) is 14.9. The summed E-state index contributed by atoms with van der Waals surface area (Å²) < 4.78 is 35.2. The number of aromatic nitrogens is 2. The van der Waals surface area contributed by atoms with E-state index in [-0.39, 0.29) is 16.4 Å². The van der Waals surface area contributed by atoms with E-state index in [2.05, 4.69) is 0 Å². The summed E-state index contributed by atoms with van der Waals surface area (Å²) in [7, 11) is -3.65. The second-order valence-electron chi connectivity index (χ2n) is 9.28. The molecule has 1 aromatic heterocycles. The number of morpholine rings is 1. The number of nitrogens with zero attached hydrogens (tertiary/aromatic N) is 5. The Hall–Kier alpha value is -3.78. The van der Waals surface area contributed by atoms with E-state index in [1.165, 1.54) is 10.4 Å². The van der Waals surface area contributed by atoms with Crippen LogP contribution < -0.4 is 0 Å². The maximum absolute atomic E-state index is 13.4. The van der Waals surface area contributed by atoms with Crippen molar-refractivity contribution in [1.29, 1.82) is 5.26 Å². The van der Waals surface area contributed by atoms with Gasteiger partial charge in [0.05, 0.1) is 23.8 Å². The van der Waals surface area contributed by atoms with E-state index in [4.69, 9.17) is 9.84 Å². The predicted molar refractivity (Wildman–Crippen MR) is 143 cm³/mol. The van der Waals surface area contributed by atoms with Crippen LogP contribution >= 0.6 is 0 Å². The largest absolute Gasteiger partial charge is 0.378 e. The second kappa shape index (κ2) is 11.3. The average Bonchev–Trinajstić information content (AvgIpc) is 3.41. The molecular weight excluding hydrogens is 502 g/mol. The number of carbonyl (C=O) groups is 1. The van der Waals surface area contributed by atoms with Crippen LogP contribution in [0.5, 0.6) is 0 Å². The third-order valence-corrected chi connectivity index (χ3v) is 8.67. The van der Waals surface area contributed by atoms with Crippen molar-refractivity contribution in [1.82, 2.24) is 19.0 Å². The average molecular weight is 532 g/mol. The zero-order valence-electron chi connectivity index (χ0n) is 21.0. The molecular formula is C28H29N5O4S. The molecule has 5 rings (SSSR count). The molecule has 3 aromatic rings. The van der Waals surface area contributed by atoms with Gasteiger partial charge in [0, 0.05) is 43.5 Å². The van der Waals surface area contributed by atoms with Crippen LogP contribution in [0, 0.1) is 11.3 Å². The normalized spacial score (nSPS) is 17.2. The van der Waals surface area contributed by atoms with Gasteiger partial charge in [0.15, 0.2) is 0 Å². The number of ether oxygens (including phenoxy) is 1. The highest BCUT2D eigenvalue weighted by atomic mass is 32.2. The third-order valence-electron chi connectivity index (χ3n) is 6.77. The molecule has 1 amide bonds. The molecule has 3 heterocycles. The van der Waals surface area contributed by atoms with Gasteiger partial charge in [-0.15, -0.1) is 0 Å². The number of benzene rings is 2. The minimum Gasteiger partial charge on any atom is -0.378 e. The Morgan fingerprint density at radius 1 is 0.974 bits per heavy atom. The zero-order valence-corrected chi connectivity index (χ0v) is 21.8. The lowest BCUT2D eigenvalue weighted by molar-refractivity contribution is -0.130. The van der Waals surface area contributed by atoms with Crippen molar-refractivity contribution < 1.29 is 17.9 Å². The summed E-state index contributed by atoms with van der Waals surface area (Å²) >= 11 is 0. The number of piperidine rings is 1. The summed E-state index contributed by atoms with van der Waals surface area (Å²) in [5.74, 6) is -0.365. The van der Waals surface area contributed by atoms with Crippen molar-refractivity contribution in [3.05, 3.63) is 71.9 Å². The van der Waals surface area contributed by atoms with Gasteiger partial charge < -0.3 is 9.64 Å². The minimum atomic E-state index is -3.65. The first-order valence-corrected chi connectivity index (χ1v) is 14.2. The fourth-order valence-electron chi connectivity index (χ4n) is 4.72. The number of para-hydroxylation sites is 1. The first-order chi connectivity index (χ1) is 18.5. The quantitative estimate of drug-likeness (QED) is 0.356. The molecule has 2 aliphatic heterocycles. The van der Waals surface area contributed by atoms with Crippen molar-refractivity contribution in [3.8, 4) is 23.0 Å². The monoisotopic (exact) mass is 531 g/mol. The van der Waals surface area contributed by atoms with Gasteiger partial charge in [-0.3, -0.25) is 4.79 Å². The highest BCUT2D eigenvalue weighted by Crippen LogP contribution is 2.29. The zero-order chi connectivity index (χ0) is 26.5. The Bertz CT molecular complexity index is 1480. The van der Waals surface area contributed by atoms with Crippen LogP contribution in [-0.2, 0) is 19.6 Å². The van der Waals surface area contributed by atoms with Crippen molar-refractivity contribution in [2.24, 2.45) is 0 Å². The molecule has 2 aromatic carbocycles. The van der Waals surface area contributed by atoms with Gasteiger partial charge in [-0.05, 0) is 43.2 Å². The minimum absolute atomic E-state index is 0.0159. The molecule has 38 heavy (non-hydrogen) atoms. The number of hydrogen-bond acceptors (Lipinski definition) is 6. The number of nitriles is 1. The Kier molecular flexibility index (Phi) is 7.69. The van der Waals surface area contributed by atoms with Gasteiger partial charge in [-0.2, -0.15) is 14.7 Å². The lowest BCUT2D eigenvalue weighted by Gasteiger charge is -2.26. The van der Waals surface area contributed by atoms with Gasteiger partial charge in [-0.1, -0.05) is 36.8 Å². The Labute approximate surface area is 222 Å². The van der Waals surface area contributed by atoms with Crippen molar-refractivity contribution >= 4 is 22.0 Å². The van der Waals surface area contributed by atoms with Crippen LogP contribution in [0.25, 0.3) is 23.0 Å². The van der Waals surface area contributed by atoms with E-state index in [1.54, 1.807) is 40.0 Å². The van der Waals surface area contributed by atoms with E-state index in [1.807, 2.05) is 36.4 Å². The third kappa shape index (κ3) is 5.41. The van der Waals surface area contributed by atoms with Crippen molar-refractivity contribution in [2.45, 2.75) is 24.2 Å². The first-order valence-electron chi connectivity index (χ1n) is 12.7. The highest BCUT2D eigenvalue weighted by Gasteiger charge is 2.27. The molecule has 0 spiro atoms. The Morgan fingerprint density at radius 2 is 1.71 bits per heavy atom. The molecule has 0 aliphatic carbocycles. The molecule has 0 unspecified atom stereocenters. The SMILES string of the molecule is N#C/C(=C\c1cn(-c2ccccc2)nc1-c1cccc(S(=O)(=O)N2CCCCC2)c1)C(=O)N1CCOCC1. The van der Waals surface area contributed by atoms with Crippen LogP contribution in [0.3, 0.4) is 0 Å². The number of carbonyl (C=O) groups excluding carboxylic acids is 1. The lowest BCUT2D eigenvalue weighted by atomic mass is 10.1. The smallest absolute Gasteiger partial charge is 0.264 e. The molecule has 0 saturated carbocycles. The maximum Gasteiger partial charge on any atom is 0.264 e. The molecule has 196 valence electrons. The summed E-state index contributed by atoms with van der Waals surface area (Å²) in [6, 6.07) is 18.2. The van der Waals surface area contributed by atoms with Gasteiger partial charge in [-0.25, -0.2) is 13.1 Å². The topological polar surface area (TPSA) is 109 Å². The van der Waals surface area contributed by atoms with Crippen molar-refractivity contribution in [3.63, 3.8) is 0 Å². The van der Waals surface area contributed by atoms with E-state index < -0.39 is 10.0 Å². The molecule has 0 atom stereocenters. The Morgan fingerprint density at radius 3 is 2.42 bits per heavy atom. The number of rotatable bonds is 6. The summed E-state index contributed by atoms with van der Waals surface area (Å²) in [5.41, 5.74) is 2.38. The summed E-state index contributed by atoms with van der Waals surface area (Å²) in [5, 5.41) is 14.6. The van der Waals surface area contributed by atoms with Gasteiger partial charge in [0.25, 0.3) is 5.91 Å².